The molecule has 2 aliphatic rings. The molecule has 0 atom stereocenters. The number of ketones is 1. The number of nitrogens with one attached hydrogen (secondary N) is 1. The van der Waals surface area contributed by atoms with Crippen molar-refractivity contribution >= 4 is 11.7 Å². The Kier molecular flexibility index (Phi) is 5.38. The standard InChI is InChI=1S/C20H25N5O3/c1-14(26)16-3-2-4-17(11-16)28-13-19(27)24-8-5-15(6-9-24)20-23-22-18-12-21-7-10-25(18)20/h2-4,11,15,21H,5-10,12-13H2,1H3. The number of nitrogens with zero attached hydrogens (tertiary/aromatic N) is 4. The number of hydrogen-bond donors (Lipinski definition) is 1. The van der Waals surface area contributed by atoms with Crippen molar-refractivity contribution in [1.82, 2.24) is 25.0 Å². The third kappa shape index (κ3) is 3.91. The second kappa shape index (κ2) is 8.10. The van der Waals surface area contributed by atoms with E-state index in [4.69, 9.17) is 4.74 Å². The van der Waals surface area contributed by atoms with Gasteiger partial charge in [-0.25, -0.2) is 0 Å². The van der Waals surface area contributed by atoms with E-state index in [1.54, 1.807) is 24.3 Å². The van der Waals surface area contributed by atoms with E-state index in [9.17, 15) is 9.59 Å². The molecule has 2 aliphatic heterocycles. The molecule has 28 heavy (non-hydrogen) atoms. The van der Waals surface area contributed by atoms with E-state index in [0.29, 0.717) is 30.3 Å². The summed E-state index contributed by atoms with van der Waals surface area (Å²) in [6.45, 7) is 5.51. The number of rotatable bonds is 5. The van der Waals surface area contributed by atoms with Crippen LogP contribution < -0.4 is 10.1 Å². The second-order valence-corrected chi connectivity index (χ2v) is 7.33. The number of likely N-dealkylation sites (tertiary alicyclic amines) is 1. The highest BCUT2D eigenvalue weighted by Gasteiger charge is 2.28. The Labute approximate surface area is 163 Å². The maximum Gasteiger partial charge on any atom is 0.260 e. The third-order valence-electron chi connectivity index (χ3n) is 5.47. The molecular weight excluding hydrogens is 358 g/mol. The predicted octanol–water partition coefficient (Wildman–Crippen LogP) is 1.37. The molecule has 0 radical (unpaired) electrons. The minimum absolute atomic E-state index is 0.0158. The van der Waals surface area contributed by atoms with Crippen LogP contribution >= 0.6 is 0 Å². The second-order valence-electron chi connectivity index (χ2n) is 7.33. The van der Waals surface area contributed by atoms with E-state index in [1.807, 2.05) is 4.90 Å². The Morgan fingerprint density at radius 3 is 2.82 bits per heavy atom. The Bertz CT molecular complexity index is 870. The first kappa shape index (κ1) is 18.6. The normalized spacial score (nSPS) is 17.2. The molecule has 0 aliphatic carbocycles. The van der Waals surface area contributed by atoms with Gasteiger partial charge in [-0.3, -0.25) is 9.59 Å². The van der Waals surface area contributed by atoms with E-state index in [0.717, 1.165) is 44.1 Å². The molecule has 2 aromatic rings. The molecule has 0 spiro atoms. The van der Waals surface area contributed by atoms with E-state index in [2.05, 4.69) is 20.1 Å². The van der Waals surface area contributed by atoms with Gasteiger partial charge in [-0.1, -0.05) is 12.1 Å². The highest BCUT2D eigenvalue weighted by Crippen LogP contribution is 2.28. The number of amides is 1. The highest BCUT2D eigenvalue weighted by molar-refractivity contribution is 5.94. The summed E-state index contributed by atoms with van der Waals surface area (Å²) in [5, 5.41) is 12.0. The van der Waals surface area contributed by atoms with Crippen LogP contribution in [0.3, 0.4) is 0 Å². The number of hydrogen-bond acceptors (Lipinski definition) is 6. The Balaban J connectivity index is 1.30. The van der Waals surface area contributed by atoms with Gasteiger partial charge in [0.2, 0.25) is 0 Å². The summed E-state index contributed by atoms with van der Waals surface area (Å²) < 4.78 is 7.83. The Hall–Kier alpha value is -2.74. The fourth-order valence-corrected chi connectivity index (χ4v) is 3.84. The van der Waals surface area contributed by atoms with Gasteiger partial charge in [0.05, 0.1) is 6.54 Å². The lowest BCUT2D eigenvalue weighted by Gasteiger charge is -2.32. The average molecular weight is 383 g/mol. The molecule has 4 rings (SSSR count). The molecule has 8 nitrogen and oxygen atoms in total. The lowest BCUT2D eigenvalue weighted by Crippen LogP contribution is -2.41. The summed E-state index contributed by atoms with van der Waals surface area (Å²) in [4.78, 5) is 25.8. The van der Waals surface area contributed by atoms with Crippen molar-refractivity contribution in [3.05, 3.63) is 41.5 Å². The molecule has 148 valence electrons. The van der Waals surface area contributed by atoms with Gasteiger partial charge >= 0.3 is 0 Å². The van der Waals surface area contributed by atoms with Gasteiger partial charge in [-0.15, -0.1) is 10.2 Å². The molecule has 1 saturated heterocycles. The fourth-order valence-electron chi connectivity index (χ4n) is 3.84. The van der Waals surface area contributed by atoms with Crippen molar-refractivity contribution in [2.75, 3.05) is 26.2 Å². The largest absolute Gasteiger partial charge is 0.484 e. The van der Waals surface area contributed by atoms with Crippen molar-refractivity contribution < 1.29 is 14.3 Å². The van der Waals surface area contributed by atoms with E-state index < -0.39 is 0 Å². The predicted molar refractivity (Wildman–Crippen MR) is 102 cm³/mol. The van der Waals surface area contributed by atoms with Crippen LogP contribution in [0.5, 0.6) is 5.75 Å². The lowest BCUT2D eigenvalue weighted by molar-refractivity contribution is -0.134. The van der Waals surface area contributed by atoms with E-state index in [1.165, 1.54) is 6.92 Å². The number of fused-ring (bicyclic) bond motifs is 1. The number of ether oxygens (including phenoxy) is 1. The van der Waals surface area contributed by atoms with Crippen LogP contribution in [0, 0.1) is 0 Å². The highest BCUT2D eigenvalue weighted by atomic mass is 16.5. The molecule has 8 heteroatoms. The molecule has 1 aromatic carbocycles. The van der Waals surface area contributed by atoms with Crippen LogP contribution in [-0.2, 0) is 17.9 Å². The van der Waals surface area contributed by atoms with Crippen LogP contribution in [0.25, 0.3) is 0 Å². The SMILES string of the molecule is CC(=O)c1cccc(OCC(=O)N2CCC(c3nnc4n3CCNC4)CC2)c1. The number of aromatic nitrogens is 3. The first-order valence-corrected chi connectivity index (χ1v) is 9.76. The minimum atomic E-state index is -0.0286. The van der Waals surface area contributed by atoms with E-state index in [-0.39, 0.29) is 18.3 Å². The summed E-state index contributed by atoms with van der Waals surface area (Å²) in [5.41, 5.74) is 0.581. The Morgan fingerprint density at radius 1 is 1.21 bits per heavy atom. The molecular formula is C20H25N5O3. The van der Waals surface area contributed by atoms with Crippen LogP contribution in [0.1, 0.15) is 47.7 Å². The van der Waals surface area contributed by atoms with Crippen molar-refractivity contribution in [2.24, 2.45) is 0 Å². The van der Waals surface area contributed by atoms with Crippen LogP contribution in [-0.4, -0.2) is 57.6 Å². The smallest absolute Gasteiger partial charge is 0.260 e. The number of piperidine rings is 1. The van der Waals surface area contributed by atoms with Crippen molar-refractivity contribution in [3.63, 3.8) is 0 Å². The van der Waals surface area contributed by atoms with Gasteiger partial charge in [0.15, 0.2) is 12.4 Å². The third-order valence-corrected chi connectivity index (χ3v) is 5.47. The van der Waals surface area contributed by atoms with Gasteiger partial charge in [0.1, 0.15) is 17.4 Å². The van der Waals surface area contributed by atoms with Crippen molar-refractivity contribution in [1.29, 1.82) is 0 Å². The molecule has 0 bridgehead atoms. The summed E-state index contributed by atoms with van der Waals surface area (Å²) in [5.74, 6) is 2.89. The summed E-state index contributed by atoms with van der Waals surface area (Å²) >= 11 is 0. The Morgan fingerprint density at radius 2 is 2.04 bits per heavy atom. The monoisotopic (exact) mass is 383 g/mol. The van der Waals surface area contributed by atoms with Gasteiger partial charge in [-0.05, 0) is 31.9 Å². The minimum Gasteiger partial charge on any atom is -0.484 e. The fraction of sp³-hybridized carbons (Fsp3) is 0.500. The molecule has 0 saturated carbocycles. The average Bonchev–Trinajstić information content (AvgIpc) is 3.16. The van der Waals surface area contributed by atoms with Gasteiger partial charge in [0.25, 0.3) is 5.91 Å². The molecule has 1 N–H and O–H groups in total. The lowest BCUT2D eigenvalue weighted by atomic mass is 9.95. The van der Waals surface area contributed by atoms with Crippen LogP contribution in [0.15, 0.2) is 24.3 Å². The zero-order valence-electron chi connectivity index (χ0n) is 16.1. The maximum absolute atomic E-state index is 12.5. The number of benzene rings is 1. The zero-order chi connectivity index (χ0) is 19.5. The number of carbonyl (C=O) groups excluding carboxylic acids is 2. The van der Waals surface area contributed by atoms with Crippen molar-refractivity contribution in [3.8, 4) is 5.75 Å². The first-order valence-electron chi connectivity index (χ1n) is 9.76. The van der Waals surface area contributed by atoms with Gasteiger partial charge < -0.3 is 19.5 Å². The molecule has 0 unspecified atom stereocenters. The zero-order valence-corrected chi connectivity index (χ0v) is 16.1. The van der Waals surface area contributed by atoms with Gasteiger partial charge in [0, 0.05) is 37.7 Å². The topological polar surface area (TPSA) is 89.4 Å². The summed E-state index contributed by atoms with van der Waals surface area (Å²) in [7, 11) is 0. The van der Waals surface area contributed by atoms with E-state index >= 15 is 0 Å². The first-order chi connectivity index (χ1) is 13.6. The summed E-state index contributed by atoms with van der Waals surface area (Å²) in [6.07, 6.45) is 1.77. The van der Waals surface area contributed by atoms with Gasteiger partial charge in [-0.2, -0.15) is 0 Å². The molecule has 1 amide bonds. The van der Waals surface area contributed by atoms with Crippen molar-refractivity contribution in [2.45, 2.75) is 38.8 Å². The maximum atomic E-state index is 12.5. The summed E-state index contributed by atoms with van der Waals surface area (Å²) in [6, 6.07) is 6.93. The quantitative estimate of drug-likeness (QED) is 0.785. The number of carbonyl (C=O) groups is 2. The van der Waals surface area contributed by atoms with Crippen LogP contribution in [0.2, 0.25) is 0 Å². The molecule has 1 aromatic heterocycles. The van der Waals surface area contributed by atoms with Crippen LogP contribution in [0.4, 0.5) is 0 Å². The molecule has 3 heterocycles. The molecule has 1 fully saturated rings. The number of Topliss-reactive ketones (excluding diaryl/α,β-unsaturated/α-hetero) is 1.